The molecule has 0 saturated carbocycles. The van der Waals surface area contributed by atoms with E-state index in [4.69, 9.17) is 14.2 Å². The lowest BCUT2D eigenvalue weighted by Gasteiger charge is -2.10. The predicted molar refractivity (Wildman–Crippen MR) is 122 cm³/mol. The molecular weight excluding hydrogens is 408 g/mol. The molecule has 3 aromatic rings. The van der Waals surface area contributed by atoms with Gasteiger partial charge >= 0.3 is 5.97 Å². The van der Waals surface area contributed by atoms with Crippen molar-refractivity contribution in [3.05, 3.63) is 89.0 Å². The summed E-state index contributed by atoms with van der Waals surface area (Å²) in [5.41, 5.74) is 5.11. The van der Waals surface area contributed by atoms with Crippen LogP contribution in [0.15, 0.2) is 71.8 Å². The molecule has 3 aromatic carbocycles. The minimum Gasteiger partial charge on any atom is -0.494 e. The third-order valence-corrected chi connectivity index (χ3v) is 4.48. The third-order valence-electron chi connectivity index (χ3n) is 4.48. The summed E-state index contributed by atoms with van der Waals surface area (Å²) in [6, 6.07) is 18.8. The van der Waals surface area contributed by atoms with Crippen molar-refractivity contribution in [3.8, 4) is 17.2 Å². The number of carbonyl (C=O) groups excluding carboxylic acids is 2. The van der Waals surface area contributed by atoms with Crippen LogP contribution in [0.25, 0.3) is 0 Å². The first-order valence-corrected chi connectivity index (χ1v) is 10.0. The standard InChI is InChI=1S/C25H24N2O5/c1-4-31-21-12-10-20(11-13-21)25(29)32-22-14-7-18(15-23(22)30-3)16-26-27-24(28)19-8-5-17(2)6-9-19/h5-16H,4H2,1-3H3,(H,27,28)/b26-16+. The number of hydrazone groups is 1. The fourth-order valence-electron chi connectivity index (χ4n) is 2.80. The van der Waals surface area contributed by atoms with Gasteiger partial charge in [0.2, 0.25) is 0 Å². The predicted octanol–water partition coefficient (Wildman–Crippen LogP) is 4.39. The molecule has 7 nitrogen and oxygen atoms in total. The van der Waals surface area contributed by atoms with E-state index in [9.17, 15) is 9.59 Å². The molecule has 0 fully saturated rings. The summed E-state index contributed by atoms with van der Waals surface area (Å²) in [5, 5.41) is 3.98. The third kappa shape index (κ3) is 5.95. The van der Waals surface area contributed by atoms with E-state index in [0.29, 0.717) is 34.8 Å². The van der Waals surface area contributed by atoms with Crippen LogP contribution in [0, 0.1) is 6.92 Å². The number of hydrogen-bond donors (Lipinski definition) is 1. The van der Waals surface area contributed by atoms with Gasteiger partial charge in [0.1, 0.15) is 5.75 Å². The van der Waals surface area contributed by atoms with Crippen molar-refractivity contribution in [1.29, 1.82) is 0 Å². The van der Waals surface area contributed by atoms with E-state index in [1.54, 1.807) is 54.6 Å². The van der Waals surface area contributed by atoms with E-state index >= 15 is 0 Å². The number of aryl methyl sites for hydroxylation is 1. The lowest BCUT2D eigenvalue weighted by Crippen LogP contribution is -2.17. The van der Waals surface area contributed by atoms with Crippen LogP contribution in [0.1, 0.15) is 38.8 Å². The van der Waals surface area contributed by atoms with Crippen LogP contribution in [-0.2, 0) is 0 Å². The zero-order valence-electron chi connectivity index (χ0n) is 18.1. The molecule has 0 atom stereocenters. The smallest absolute Gasteiger partial charge is 0.343 e. The maximum absolute atomic E-state index is 12.4. The topological polar surface area (TPSA) is 86.2 Å². The Hall–Kier alpha value is -4.13. The first-order valence-electron chi connectivity index (χ1n) is 10.0. The zero-order chi connectivity index (χ0) is 22.9. The number of benzene rings is 3. The summed E-state index contributed by atoms with van der Waals surface area (Å²) < 4.78 is 16.2. The van der Waals surface area contributed by atoms with Gasteiger partial charge < -0.3 is 14.2 Å². The number of hydrogen-bond acceptors (Lipinski definition) is 6. The van der Waals surface area contributed by atoms with E-state index in [0.717, 1.165) is 5.56 Å². The summed E-state index contributed by atoms with van der Waals surface area (Å²) in [6.45, 7) is 4.39. The molecule has 1 N–H and O–H groups in total. The molecule has 164 valence electrons. The molecule has 32 heavy (non-hydrogen) atoms. The Morgan fingerprint density at radius 2 is 1.62 bits per heavy atom. The highest BCUT2D eigenvalue weighted by atomic mass is 16.6. The Bertz CT molecular complexity index is 1110. The van der Waals surface area contributed by atoms with E-state index in [-0.39, 0.29) is 11.7 Å². The van der Waals surface area contributed by atoms with Gasteiger partial charge in [-0.25, -0.2) is 10.2 Å². The second-order valence-electron chi connectivity index (χ2n) is 6.82. The largest absolute Gasteiger partial charge is 0.494 e. The number of ether oxygens (including phenoxy) is 3. The van der Waals surface area contributed by atoms with Crippen molar-refractivity contribution in [2.24, 2.45) is 5.10 Å². The van der Waals surface area contributed by atoms with Crippen molar-refractivity contribution in [1.82, 2.24) is 5.43 Å². The van der Waals surface area contributed by atoms with E-state index in [1.807, 2.05) is 26.0 Å². The van der Waals surface area contributed by atoms with Gasteiger partial charge in [-0.05, 0) is 74.0 Å². The molecule has 0 aromatic heterocycles. The van der Waals surface area contributed by atoms with Crippen LogP contribution < -0.4 is 19.6 Å². The molecule has 0 bridgehead atoms. The van der Waals surface area contributed by atoms with Gasteiger partial charge in [-0.15, -0.1) is 0 Å². The summed E-state index contributed by atoms with van der Waals surface area (Å²) in [6.07, 6.45) is 1.48. The summed E-state index contributed by atoms with van der Waals surface area (Å²) in [5.74, 6) is 0.484. The van der Waals surface area contributed by atoms with Crippen LogP contribution >= 0.6 is 0 Å². The van der Waals surface area contributed by atoms with Crippen LogP contribution in [0.4, 0.5) is 0 Å². The molecule has 0 aliphatic rings. The second-order valence-corrected chi connectivity index (χ2v) is 6.82. The highest BCUT2D eigenvalue weighted by Crippen LogP contribution is 2.28. The molecule has 0 saturated heterocycles. The molecular formula is C25H24N2O5. The van der Waals surface area contributed by atoms with Crippen LogP contribution in [0.3, 0.4) is 0 Å². The number of rotatable bonds is 8. The molecule has 0 heterocycles. The molecule has 0 aliphatic carbocycles. The molecule has 0 spiro atoms. The van der Waals surface area contributed by atoms with Crippen LogP contribution in [-0.4, -0.2) is 31.8 Å². The fourth-order valence-corrected chi connectivity index (χ4v) is 2.80. The van der Waals surface area contributed by atoms with Gasteiger partial charge in [0.05, 0.1) is 25.5 Å². The van der Waals surface area contributed by atoms with Crippen molar-refractivity contribution < 1.29 is 23.8 Å². The summed E-state index contributed by atoms with van der Waals surface area (Å²) >= 11 is 0. The summed E-state index contributed by atoms with van der Waals surface area (Å²) in [7, 11) is 1.48. The average Bonchev–Trinajstić information content (AvgIpc) is 2.81. The SMILES string of the molecule is CCOc1ccc(C(=O)Oc2ccc(/C=N/NC(=O)c3ccc(C)cc3)cc2OC)cc1. The Balaban J connectivity index is 1.64. The first kappa shape index (κ1) is 22.6. The average molecular weight is 432 g/mol. The Morgan fingerprint density at radius 1 is 0.938 bits per heavy atom. The number of nitrogens with one attached hydrogen (secondary N) is 1. The fraction of sp³-hybridized carbons (Fsp3) is 0.160. The van der Waals surface area contributed by atoms with Crippen molar-refractivity contribution >= 4 is 18.1 Å². The molecule has 0 unspecified atom stereocenters. The minimum absolute atomic E-state index is 0.271. The van der Waals surface area contributed by atoms with Crippen molar-refractivity contribution in [3.63, 3.8) is 0 Å². The molecule has 1 amide bonds. The lowest BCUT2D eigenvalue weighted by atomic mass is 10.1. The second kappa shape index (κ2) is 10.8. The monoisotopic (exact) mass is 432 g/mol. The number of methoxy groups -OCH3 is 1. The Morgan fingerprint density at radius 3 is 2.28 bits per heavy atom. The zero-order valence-corrected chi connectivity index (χ0v) is 18.1. The maximum atomic E-state index is 12.4. The van der Waals surface area contributed by atoms with Gasteiger partial charge in [-0.2, -0.15) is 5.10 Å². The molecule has 0 radical (unpaired) electrons. The van der Waals surface area contributed by atoms with Gasteiger partial charge in [-0.1, -0.05) is 17.7 Å². The molecule has 7 heteroatoms. The van der Waals surface area contributed by atoms with E-state index in [2.05, 4.69) is 10.5 Å². The van der Waals surface area contributed by atoms with Gasteiger partial charge in [0, 0.05) is 5.56 Å². The van der Waals surface area contributed by atoms with Crippen molar-refractivity contribution in [2.45, 2.75) is 13.8 Å². The van der Waals surface area contributed by atoms with Gasteiger partial charge in [-0.3, -0.25) is 4.79 Å². The molecule has 3 rings (SSSR count). The normalized spacial score (nSPS) is 10.6. The number of nitrogens with zero attached hydrogens (tertiary/aromatic N) is 1. The van der Waals surface area contributed by atoms with Crippen LogP contribution in [0.2, 0.25) is 0 Å². The highest BCUT2D eigenvalue weighted by Gasteiger charge is 2.13. The van der Waals surface area contributed by atoms with Crippen molar-refractivity contribution in [2.75, 3.05) is 13.7 Å². The number of esters is 1. The summed E-state index contributed by atoms with van der Waals surface area (Å²) in [4.78, 5) is 24.6. The molecule has 0 aliphatic heterocycles. The Labute approximate surface area is 186 Å². The van der Waals surface area contributed by atoms with Crippen LogP contribution in [0.5, 0.6) is 17.2 Å². The van der Waals surface area contributed by atoms with E-state index < -0.39 is 5.97 Å². The number of amides is 1. The first-order chi connectivity index (χ1) is 15.5. The van der Waals surface area contributed by atoms with E-state index in [1.165, 1.54) is 13.3 Å². The highest BCUT2D eigenvalue weighted by molar-refractivity contribution is 5.95. The minimum atomic E-state index is -0.516. The lowest BCUT2D eigenvalue weighted by molar-refractivity contribution is 0.0729. The quantitative estimate of drug-likeness (QED) is 0.247. The Kier molecular flexibility index (Phi) is 7.59. The number of carbonyl (C=O) groups is 2. The van der Waals surface area contributed by atoms with Gasteiger partial charge in [0.15, 0.2) is 11.5 Å². The van der Waals surface area contributed by atoms with Gasteiger partial charge in [0.25, 0.3) is 5.91 Å². The maximum Gasteiger partial charge on any atom is 0.343 e.